The minimum atomic E-state index is -0.129. The van der Waals surface area contributed by atoms with Gasteiger partial charge in [-0.15, -0.1) is 0 Å². The molecule has 1 aliphatic heterocycles. The molecule has 1 saturated heterocycles. The first kappa shape index (κ1) is 12.1. The van der Waals surface area contributed by atoms with Gasteiger partial charge in [-0.25, -0.2) is 9.97 Å². The predicted octanol–water partition coefficient (Wildman–Crippen LogP) is 0.0242. The van der Waals surface area contributed by atoms with Gasteiger partial charge in [0, 0.05) is 25.7 Å². The van der Waals surface area contributed by atoms with Gasteiger partial charge in [-0.1, -0.05) is 0 Å². The molecule has 0 aliphatic carbocycles. The fourth-order valence-corrected chi connectivity index (χ4v) is 2.03. The molecule has 2 N–H and O–H groups in total. The van der Waals surface area contributed by atoms with Crippen molar-refractivity contribution in [2.24, 2.45) is 0 Å². The average molecular weight is 238 g/mol. The standard InChI is InChI=1S/C11H18N4O2/c1-8-10(12-2)13-7-14-11(8)15-3-4-17-9(5-15)6-16/h7,9,16H,3-6H2,1-2H3,(H,12,13,14). The van der Waals surface area contributed by atoms with Crippen LogP contribution in [-0.4, -0.2) is 54.5 Å². The van der Waals surface area contributed by atoms with Gasteiger partial charge in [-0.2, -0.15) is 0 Å². The Labute approximate surface area is 101 Å². The van der Waals surface area contributed by atoms with Crippen LogP contribution in [0.15, 0.2) is 6.33 Å². The summed E-state index contributed by atoms with van der Waals surface area (Å²) in [7, 11) is 1.84. The molecule has 1 unspecified atom stereocenters. The van der Waals surface area contributed by atoms with E-state index in [2.05, 4.69) is 20.2 Å². The van der Waals surface area contributed by atoms with Crippen LogP contribution in [0.25, 0.3) is 0 Å². The molecule has 0 radical (unpaired) electrons. The molecular weight excluding hydrogens is 220 g/mol. The van der Waals surface area contributed by atoms with Gasteiger partial charge in [0.25, 0.3) is 0 Å². The monoisotopic (exact) mass is 238 g/mol. The lowest BCUT2D eigenvalue weighted by Gasteiger charge is -2.33. The molecule has 0 bridgehead atoms. The Bertz CT molecular complexity index is 386. The highest BCUT2D eigenvalue weighted by atomic mass is 16.5. The van der Waals surface area contributed by atoms with Crippen LogP contribution in [0.4, 0.5) is 11.6 Å². The lowest BCUT2D eigenvalue weighted by molar-refractivity contribution is 0.00333. The van der Waals surface area contributed by atoms with Crippen LogP contribution in [0.1, 0.15) is 5.56 Å². The third kappa shape index (κ3) is 2.48. The molecule has 1 fully saturated rings. The zero-order valence-electron chi connectivity index (χ0n) is 10.2. The number of morpholine rings is 1. The van der Waals surface area contributed by atoms with Gasteiger partial charge in [0.05, 0.1) is 19.3 Å². The Kier molecular flexibility index (Phi) is 3.75. The zero-order chi connectivity index (χ0) is 12.3. The molecule has 17 heavy (non-hydrogen) atoms. The van der Waals surface area contributed by atoms with Crippen molar-refractivity contribution in [3.8, 4) is 0 Å². The first-order valence-electron chi connectivity index (χ1n) is 5.73. The van der Waals surface area contributed by atoms with E-state index in [0.717, 1.165) is 23.7 Å². The number of hydrogen-bond donors (Lipinski definition) is 2. The van der Waals surface area contributed by atoms with Gasteiger partial charge in [-0.05, 0) is 6.92 Å². The summed E-state index contributed by atoms with van der Waals surface area (Å²) in [6.45, 7) is 4.10. The summed E-state index contributed by atoms with van der Waals surface area (Å²) >= 11 is 0. The minimum Gasteiger partial charge on any atom is -0.394 e. The van der Waals surface area contributed by atoms with Crippen molar-refractivity contribution >= 4 is 11.6 Å². The quantitative estimate of drug-likeness (QED) is 0.774. The zero-order valence-corrected chi connectivity index (χ0v) is 10.2. The van der Waals surface area contributed by atoms with E-state index in [1.807, 2.05) is 14.0 Å². The second-order valence-electron chi connectivity index (χ2n) is 4.04. The van der Waals surface area contributed by atoms with Crippen molar-refractivity contribution in [1.29, 1.82) is 0 Å². The van der Waals surface area contributed by atoms with Crippen molar-refractivity contribution in [3.05, 3.63) is 11.9 Å². The number of aromatic nitrogens is 2. The highest BCUT2D eigenvalue weighted by molar-refractivity contribution is 5.57. The van der Waals surface area contributed by atoms with Crippen LogP contribution >= 0.6 is 0 Å². The number of anilines is 2. The normalized spacial score (nSPS) is 20.4. The van der Waals surface area contributed by atoms with Crippen LogP contribution in [0.3, 0.4) is 0 Å². The summed E-state index contributed by atoms with van der Waals surface area (Å²) in [5.41, 5.74) is 1.02. The van der Waals surface area contributed by atoms with E-state index in [9.17, 15) is 0 Å². The molecule has 0 amide bonds. The van der Waals surface area contributed by atoms with Crippen LogP contribution in [0.5, 0.6) is 0 Å². The highest BCUT2D eigenvalue weighted by Crippen LogP contribution is 2.23. The second kappa shape index (κ2) is 5.29. The van der Waals surface area contributed by atoms with E-state index >= 15 is 0 Å². The smallest absolute Gasteiger partial charge is 0.137 e. The van der Waals surface area contributed by atoms with Gasteiger partial charge >= 0.3 is 0 Å². The summed E-state index contributed by atoms with van der Waals surface area (Å²) in [6, 6.07) is 0. The van der Waals surface area contributed by atoms with Crippen LogP contribution in [0, 0.1) is 6.92 Å². The van der Waals surface area contributed by atoms with Gasteiger partial charge in [-0.3, -0.25) is 0 Å². The molecule has 2 heterocycles. The van der Waals surface area contributed by atoms with Gasteiger partial charge in [0.2, 0.25) is 0 Å². The summed E-state index contributed by atoms with van der Waals surface area (Å²) < 4.78 is 5.42. The summed E-state index contributed by atoms with van der Waals surface area (Å²) in [5, 5.41) is 12.2. The molecule has 6 nitrogen and oxygen atoms in total. The third-order valence-corrected chi connectivity index (χ3v) is 2.94. The summed E-state index contributed by atoms with van der Waals surface area (Å²) in [6.07, 6.45) is 1.42. The Hall–Kier alpha value is -1.40. The molecule has 1 aromatic rings. The molecule has 94 valence electrons. The molecule has 0 aromatic carbocycles. The summed E-state index contributed by atoms with van der Waals surface area (Å²) in [5.74, 6) is 1.74. The predicted molar refractivity (Wildman–Crippen MR) is 65.4 cm³/mol. The van der Waals surface area contributed by atoms with E-state index < -0.39 is 0 Å². The topological polar surface area (TPSA) is 70.5 Å². The van der Waals surface area contributed by atoms with Crippen molar-refractivity contribution in [1.82, 2.24) is 9.97 Å². The van der Waals surface area contributed by atoms with Gasteiger partial charge in [0.1, 0.15) is 18.0 Å². The van der Waals surface area contributed by atoms with Crippen molar-refractivity contribution in [3.63, 3.8) is 0 Å². The van der Waals surface area contributed by atoms with Crippen LogP contribution in [0.2, 0.25) is 0 Å². The first-order chi connectivity index (χ1) is 8.26. The lowest BCUT2D eigenvalue weighted by atomic mass is 10.2. The number of nitrogens with one attached hydrogen (secondary N) is 1. The third-order valence-electron chi connectivity index (χ3n) is 2.94. The molecule has 1 atom stereocenters. The van der Waals surface area contributed by atoms with Crippen LogP contribution in [-0.2, 0) is 4.74 Å². The maximum Gasteiger partial charge on any atom is 0.137 e. The maximum atomic E-state index is 9.13. The SMILES string of the molecule is CNc1ncnc(N2CCOC(CO)C2)c1C. The molecular formula is C11H18N4O2. The molecule has 0 saturated carbocycles. The number of hydrogen-bond acceptors (Lipinski definition) is 6. The number of ether oxygens (including phenoxy) is 1. The Morgan fingerprint density at radius 1 is 1.59 bits per heavy atom. The van der Waals surface area contributed by atoms with Crippen LogP contribution < -0.4 is 10.2 Å². The lowest BCUT2D eigenvalue weighted by Crippen LogP contribution is -2.44. The number of aliphatic hydroxyl groups excluding tert-OH is 1. The number of rotatable bonds is 3. The average Bonchev–Trinajstić information content (AvgIpc) is 2.39. The first-order valence-corrected chi connectivity index (χ1v) is 5.73. The number of nitrogens with zero attached hydrogens (tertiary/aromatic N) is 3. The minimum absolute atomic E-state index is 0.0412. The fourth-order valence-electron chi connectivity index (χ4n) is 2.03. The van der Waals surface area contributed by atoms with Crippen molar-refractivity contribution in [2.75, 3.05) is 43.6 Å². The van der Waals surface area contributed by atoms with E-state index in [-0.39, 0.29) is 12.7 Å². The fraction of sp³-hybridized carbons (Fsp3) is 0.636. The molecule has 2 rings (SSSR count). The van der Waals surface area contributed by atoms with Crippen molar-refractivity contribution in [2.45, 2.75) is 13.0 Å². The Morgan fingerprint density at radius 3 is 3.12 bits per heavy atom. The molecule has 0 spiro atoms. The number of aliphatic hydroxyl groups is 1. The Morgan fingerprint density at radius 2 is 2.41 bits per heavy atom. The highest BCUT2D eigenvalue weighted by Gasteiger charge is 2.22. The Balaban J connectivity index is 2.21. The van der Waals surface area contributed by atoms with E-state index in [4.69, 9.17) is 9.84 Å². The van der Waals surface area contributed by atoms with Gasteiger partial charge in [0.15, 0.2) is 0 Å². The van der Waals surface area contributed by atoms with E-state index in [0.29, 0.717) is 13.2 Å². The summed E-state index contributed by atoms with van der Waals surface area (Å²) in [4.78, 5) is 10.6. The maximum absolute atomic E-state index is 9.13. The molecule has 1 aliphatic rings. The van der Waals surface area contributed by atoms with Crippen molar-refractivity contribution < 1.29 is 9.84 Å². The van der Waals surface area contributed by atoms with E-state index in [1.165, 1.54) is 0 Å². The molecule has 6 heteroatoms. The largest absolute Gasteiger partial charge is 0.394 e. The second-order valence-corrected chi connectivity index (χ2v) is 4.04. The molecule has 1 aromatic heterocycles. The van der Waals surface area contributed by atoms with Gasteiger partial charge < -0.3 is 20.1 Å². The van der Waals surface area contributed by atoms with E-state index in [1.54, 1.807) is 6.33 Å².